The molecule has 37 heavy (non-hydrogen) atoms. The highest BCUT2D eigenvalue weighted by molar-refractivity contribution is 9.10. The topological polar surface area (TPSA) is 194 Å². The summed E-state index contributed by atoms with van der Waals surface area (Å²) in [5.41, 5.74) is 2.74. The largest absolute Gasteiger partial charge is 0.502 e. The molecule has 3 aromatic rings. The molecule has 15 nitrogen and oxygen atoms in total. The summed E-state index contributed by atoms with van der Waals surface area (Å²) in [6.45, 7) is 4.09. The van der Waals surface area contributed by atoms with Gasteiger partial charge in [0.2, 0.25) is 23.6 Å². The number of aryl methyl sites for hydroxylation is 1. The minimum absolute atomic E-state index is 0.0258. The summed E-state index contributed by atoms with van der Waals surface area (Å²) >= 11 is 3.51. The van der Waals surface area contributed by atoms with Crippen LogP contribution in [0.1, 0.15) is 11.1 Å². The van der Waals surface area contributed by atoms with Gasteiger partial charge < -0.3 is 20.1 Å². The number of nitro benzene ring substituents is 2. The second-order valence-electron chi connectivity index (χ2n) is 7.78. The predicted octanol–water partition coefficient (Wildman–Crippen LogP) is 3.49. The number of aromatic hydroxyl groups is 1. The van der Waals surface area contributed by atoms with Gasteiger partial charge in [0.25, 0.3) is 5.69 Å². The molecule has 1 fully saturated rings. The second-order valence-corrected chi connectivity index (χ2v) is 8.63. The minimum Gasteiger partial charge on any atom is -0.502 e. The van der Waals surface area contributed by atoms with Gasteiger partial charge in [-0.3, -0.25) is 20.2 Å². The summed E-state index contributed by atoms with van der Waals surface area (Å²) in [5.74, 6) is -0.168. The average molecular weight is 574 g/mol. The Hall–Kier alpha value is -4.44. The predicted molar refractivity (Wildman–Crippen MR) is 138 cm³/mol. The van der Waals surface area contributed by atoms with Gasteiger partial charge >= 0.3 is 5.69 Å². The van der Waals surface area contributed by atoms with Crippen LogP contribution in [-0.4, -0.2) is 62.4 Å². The van der Waals surface area contributed by atoms with Crippen molar-refractivity contribution < 1.29 is 19.7 Å². The van der Waals surface area contributed by atoms with E-state index in [0.717, 1.165) is 22.3 Å². The lowest BCUT2D eigenvalue weighted by Crippen LogP contribution is -2.37. The Morgan fingerprint density at radius 3 is 2.51 bits per heavy atom. The Morgan fingerprint density at radius 1 is 1.11 bits per heavy atom. The maximum Gasteiger partial charge on any atom is 0.318 e. The number of nitrogens with zero attached hydrogens (tertiary/aromatic N) is 7. The van der Waals surface area contributed by atoms with E-state index in [4.69, 9.17) is 4.74 Å². The minimum atomic E-state index is -0.922. The van der Waals surface area contributed by atoms with Crippen LogP contribution in [0.15, 0.2) is 39.9 Å². The number of ether oxygens (including phenoxy) is 1. The fourth-order valence-electron chi connectivity index (χ4n) is 3.35. The van der Waals surface area contributed by atoms with Crippen molar-refractivity contribution in [2.24, 2.45) is 5.10 Å². The number of nitro groups is 2. The lowest BCUT2D eigenvalue weighted by Gasteiger charge is -2.27. The molecule has 0 spiro atoms. The summed E-state index contributed by atoms with van der Waals surface area (Å²) in [7, 11) is 0. The van der Waals surface area contributed by atoms with E-state index in [-0.39, 0.29) is 17.5 Å². The highest BCUT2D eigenvalue weighted by atomic mass is 79.9. The molecule has 0 bridgehead atoms. The number of phenols is 1. The van der Waals surface area contributed by atoms with E-state index < -0.39 is 27.0 Å². The maximum atomic E-state index is 11.2. The number of halogens is 1. The smallest absolute Gasteiger partial charge is 0.318 e. The van der Waals surface area contributed by atoms with E-state index in [9.17, 15) is 25.3 Å². The third-order valence-corrected chi connectivity index (χ3v) is 5.82. The van der Waals surface area contributed by atoms with Gasteiger partial charge in [-0.25, -0.2) is 5.43 Å². The molecule has 0 atom stereocenters. The molecule has 0 saturated carbocycles. The Balaban J connectivity index is 1.64. The number of hydrogen-bond donors (Lipinski definition) is 3. The summed E-state index contributed by atoms with van der Waals surface area (Å²) < 4.78 is 6.19. The SMILES string of the molecule is Cc1ccc(Nc2nc(N/N=C\c3cc([N+](=O)[O-])cc([N+](=O)[O-])c3O)nc(N3CCOCC3)n2)c(Br)c1. The quantitative estimate of drug-likeness (QED) is 0.202. The van der Waals surface area contributed by atoms with E-state index in [1.54, 1.807) is 0 Å². The first-order valence-corrected chi connectivity index (χ1v) is 11.6. The Bertz CT molecular complexity index is 1380. The fraction of sp³-hybridized carbons (Fsp3) is 0.238. The van der Waals surface area contributed by atoms with E-state index in [0.29, 0.717) is 44.0 Å². The monoisotopic (exact) mass is 573 g/mol. The molecule has 0 amide bonds. The Kier molecular flexibility index (Phi) is 7.69. The molecule has 16 heteroatoms. The van der Waals surface area contributed by atoms with Crippen molar-refractivity contribution in [3.05, 3.63) is 66.2 Å². The van der Waals surface area contributed by atoms with Gasteiger partial charge in [0.15, 0.2) is 0 Å². The van der Waals surface area contributed by atoms with Crippen LogP contribution in [-0.2, 0) is 4.74 Å². The molecule has 192 valence electrons. The number of hydrogen-bond acceptors (Lipinski definition) is 13. The number of hydrazone groups is 1. The summed E-state index contributed by atoms with van der Waals surface area (Å²) in [5, 5.41) is 39.5. The molecular weight excluding hydrogens is 554 g/mol. The highest BCUT2D eigenvalue weighted by Crippen LogP contribution is 2.33. The van der Waals surface area contributed by atoms with Crippen molar-refractivity contribution in [3.63, 3.8) is 0 Å². The molecule has 1 aromatic heterocycles. The summed E-state index contributed by atoms with van der Waals surface area (Å²) in [4.78, 5) is 35.7. The first kappa shape index (κ1) is 25.6. The maximum absolute atomic E-state index is 11.2. The van der Waals surface area contributed by atoms with Crippen molar-refractivity contribution in [2.45, 2.75) is 6.92 Å². The van der Waals surface area contributed by atoms with Crippen molar-refractivity contribution in [1.82, 2.24) is 15.0 Å². The highest BCUT2D eigenvalue weighted by Gasteiger charge is 2.23. The van der Waals surface area contributed by atoms with E-state index in [1.807, 2.05) is 30.0 Å². The lowest BCUT2D eigenvalue weighted by atomic mass is 10.1. The Morgan fingerprint density at radius 2 is 1.84 bits per heavy atom. The lowest BCUT2D eigenvalue weighted by molar-refractivity contribution is -0.394. The van der Waals surface area contributed by atoms with Crippen molar-refractivity contribution >= 4 is 57.1 Å². The number of rotatable bonds is 8. The first-order valence-electron chi connectivity index (χ1n) is 10.8. The van der Waals surface area contributed by atoms with Crippen LogP contribution in [0.3, 0.4) is 0 Å². The molecule has 2 aromatic carbocycles. The molecule has 0 aliphatic carbocycles. The molecule has 0 unspecified atom stereocenters. The van der Waals surface area contributed by atoms with Gasteiger partial charge in [0.05, 0.1) is 46.6 Å². The van der Waals surface area contributed by atoms with Crippen molar-refractivity contribution in [2.75, 3.05) is 41.9 Å². The van der Waals surface area contributed by atoms with Gasteiger partial charge in [-0.1, -0.05) is 6.07 Å². The number of morpholine rings is 1. The average Bonchev–Trinajstić information content (AvgIpc) is 2.87. The molecule has 2 heterocycles. The fourth-order valence-corrected chi connectivity index (χ4v) is 3.94. The number of phenolic OH excluding ortho intramolecular Hbond substituents is 1. The van der Waals surface area contributed by atoms with Crippen LogP contribution in [0.25, 0.3) is 0 Å². The standard InChI is InChI=1S/C21H20BrN9O6/c1-12-2-3-16(15(22)8-12)24-19-25-20(27-21(26-19)29-4-6-37-7-5-29)28-23-11-13-9-14(30(33)34)10-17(18(13)32)31(35)36/h2-3,8-11,32H,4-7H2,1H3,(H2,24,25,26,27,28)/b23-11-. The van der Waals surface area contributed by atoms with E-state index in [2.05, 4.69) is 46.7 Å². The molecule has 1 aliphatic rings. The summed E-state index contributed by atoms with van der Waals surface area (Å²) in [6, 6.07) is 7.34. The van der Waals surface area contributed by atoms with Crippen LogP contribution in [0, 0.1) is 27.2 Å². The molecular formula is C21H20BrN9O6. The zero-order chi connectivity index (χ0) is 26.5. The normalized spacial score (nSPS) is 13.5. The molecule has 1 saturated heterocycles. The van der Waals surface area contributed by atoms with Gasteiger partial charge in [0.1, 0.15) is 0 Å². The number of anilines is 4. The second kappa shape index (κ2) is 11.1. The van der Waals surface area contributed by atoms with E-state index in [1.165, 1.54) is 0 Å². The van der Waals surface area contributed by atoms with Crippen LogP contribution in [0.4, 0.5) is 34.9 Å². The number of non-ortho nitro benzene ring substituents is 1. The zero-order valence-electron chi connectivity index (χ0n) is 19.3. The number of nitrogens with one attached hydrogen (secondary N) is 2. The first-order chi connectivity index (χ1) is 17.7. The van der Waals surface area contributed by atoms with Gasteiger partial charge in [-0.2, -0.15) is 20.1 Å². The number of benzene rings is 2. The van der Waals surface area contributed by atoms with Gasteiger partial charge in [-0.15, -0.1) is 0 Å². The third-order valence-electron chi connectivity index (χ3n) is 5.17. The van der Waals surface area contributed by atoms with Gasteiger partial charge in [0, 0.05) is 23.6 Å². The van der Waals surface area contributed by atoms with E-state index >= 15 is 0 Å². The molecule has 1 aliphatic heterocycles. The Labute approximate surface area is 217 Å². The van der Waals surface area contributed by atoms with Crippen molar-refractivity contribution in [3.8, 4) is 5.75 Å². The van der Waals surface area contributed by atoms with Crippen LogP contribution < -0.4 is 15.6 Å². The van der Waals surface area contributed by atoms with Crippen LogP contribution in [0.2, 0.25) is 0 Å². The molecule has 4 rings (SSSR count). The van der Waals surface area contributed by atoms with Crippen molar-refractivity contribution in [1.29, 1.82) is 0 Å². The van der Waals surface area contributed by atoms with Gasteiger partial charge in [-0.05, 0) is 40.5 Å². The van der Waals surface area contributed by atoms with Crippen LogP contribution >= 0.6 is 15.9 Å². The molecule has 0 radical (unpaired) electrons. The summed E-state index contributed by atoms with van der Waals surface area (Å²) in [6.07, 6.45) is 0.997. The van der Waals surface area contributed by atoms with Crippen LogP contribution in [0.5, 0.6) is 5.75 Å². The molecule has 3 N–H and O–H groups in total. The zero-order valence-corrected chi connectivity index (χ0v) is 20.9. The number of aromatic nitrogens is 3. The third kappa shape index (κ3) is 6.22.